The molecule has 5 nitrogen and oxygen atoms in total. The van der Waals surface area contributed by atoms with Crippen molar-refractivity contribution < 1.29 is 19.1 Å². The van der Waals surface area contributed by atoms with E-state index in [1.807, 2.05) is 24.3 Å². The molecule has 0 unspecified atom stereocenters. The number of amides is 2. The number of hydrogen-bond acceptors (Lipinski definition) is 3. The van der Waals surface area contributed by atoms with Crippen molar-refractivity contribution in [3.63, 3.8) is 0 Å². The number of nitrogens with zero attached hydrogens (tertiary/aromatic N) is 2. The van der Waals surface area contributed by atoms with Crippen LogP contribution in [0.15, 0.2) is 48.5 Å². The number of benzene rings is 2. The van der Waals surface area contributed by atoms with Crippen molar-refractivity contribution in [2.24, 2.45) is 5.92 Å². The van der Waals surface area contributed by atoms with Gasteiger partial charge >= 0.3 is 0 Å². The van der Waals surface area contributed by atoms with Crippen LogP contribution >= 0.6 is 0 Å². The van der Waals surface area contributed by atoms with Gasteiger partial charge in [-0.25, -0.2) is 4.39 Å². The molecule has 5 rings (SSSR count). The van der Waals surface area contributed by atoms with Crippen LogP contribution in [0, 0.1) is 11.7 Å². The molecule has 1 N–H and O–H groups in total. The molecule has 0 bridgehead atoms. The molecule has 2 aromatic rings. The average Bonchev–Trinajstić information content (AvgIpc) is 2.67. The Morgan fingerprint density at radius 3 is 2.48 bits per heavy atom. The zero-order chi connectivity index (χ0) is 20.1. The van der Waals surface area contributed by atoms with Crippen LogP contribution in [0.5, 0.6) is 0 Å². The van der Waals surface area contributed by atoms with Crippen molar-refractivity contribution in [1.82, 2.24) is 4.90 Å². The third-order valence-corrected chi connectivity index (χ3v) is 6.75. The fourth-order valence-corrected chi connectivity index (χ4v) is 5.02. The average molecular weight is 394 g/mol. The summed E-state index contributed by atoms with van der Waals surface area (Å²) in [5, 5.41) is 10.0. The van der Waals surface area contributed by atoms with Crippen molar-refractivity contribution in [3.8, 4) is 0 Å². The van der Waals surface area contributed by atoms with Crippen molar-refractivity contribution in [2.45, 2.75) is 37.3 Å². The van der Waals surface area contributed by atoms with E-state index < -0.39 is 17.8 Å². The van der Waals surface area contributed by atoms with Crippen molar-refractivity contribution in [2.75, 3.05) is 18.1 Å². The predicted molar refractivity (Wildman–Crippen MR) is 106 cm³/mol. The van der Waals surface area contributed by atoms with E-state index in [4.69, 9.17) is 0 Å². The summed E-state index contributed by atoms with van der Waals surface area (Å²) in [6.45, 7) is 0.181. The quantitative estimate of drug-likeness (QED) is 0.871. The Morgan fingerprint density at radius 1 is 1.07 bits per heavy atom. The molecule has 0 radical (unpaired) electrons. The standard InChI is InChI=1S/C23H23FN2O3/c24-17-10-3-1-8-15(17)23(29)26-19-12-25(22(28)14-6-5-7-14)18-11-4-2-9-16(18)21(19)20(26)13-27/h1-4,8-11,14,19-21,27H,5-7,12-13H2/t19-,20+,21+/m1/s1. The smallest absolute Gasteiger partial charge is 0.257 e. The maximum atomic E-state index is 14.2. The number of fused-ring (bicyclic) bond motifs is 3. The Morgan fingerprint density at radius 2 is 1.79 bits per heavy atom. The van der Waals surface area contributed by atoms with Gasteiger partial charge in [0.2, 0.25) is 5.91 Å². The Balaban J connectivity index is 1.52. The number of aliphatic hydroxyl groups is 1. The second kappa shape index (κ2) is 6.95. The topological polar surface area (TPSA) is 60.9 Å². The van der Waals surface area contributed by atoms with Crippen molar-refractivity contribution >= 4 is 17.5 Å². The molecule has 2 aliphatic heterocycles. The summed E-state index contributed by atoms with van der Waals surface area (Å²) in [7, 11) is 0. The number of halogens is 1. The molecule has 2 fully saturated rings. The molecule has 150 valence electrons. The highest BCUT2D eigenvalue weighted by Crippen LogP contribution is 2.49. The van der Waals surface area contributed by atoms with Gasteiger partial charge in [-0.1, -0.05) is 36.8 Å². The first-order chi connectivity index (χ1) is 14.1. The van der Waals surface area contributed by atoms with Gasteiger partial charge < -0.3 is 14.9 Å². The van der Waals surface area contributed by atoms with Crippen LogP contribution in [0.2, 0.25) is 0 Å². The molecule has 1 aliphatic carbocycles. The summed E-state index contributed by atoms with van der Waals surface area (Å²) in [5.74, 6) is -0.913. The summed E-state index contributed by atoms with van der Waals surface area (Å²) in [6.07, 6.45) is 2.88. The number of aliphatic hydroxyl groups excluding tert-OH is 1. The van der Waals surface area contributed by atoms with Crippen LogP contribution < -0.4 is 4.90 Å². The SMILES string of the molecule is O=C(C1CCC1)N1C[C@@H]2[C@H](c3ccccc31)[C@H](CO)N2C(=O)c1ccccc1F. The molecule has 2 aromatic carbocycles. The highest BCUT2D eigenvalue weighted by Gasteiger charge is 2.56. The minimum Gasteiger partial charge on any atom is -0.394 e. The lowest BCUT2D eigenvalue weighted by atomic mass is 9.71. The molecule has 29 heavy (non-hydrogen) atoms. The minimum atomic E-state index is -0.573. The summed E-state index contributed by atoms with van der Waals surface area (Å²) < 4.78 is 14.2. The minimum absolute atomic E-state index is 0.000119. The summed E-state index contributed by atoms with van der Waals surface area (Å²) in [5.41, 5.74) is 1.86. The van der Waals surface area contributed by atoms with E-state index in [1.165, 1.54) is 12.1 Å². The van der Waals surface area contributed by atoms with Gasteiger partial charge in [-0.2, -0.15) is 0 Å². The zero-order valence-electron chi connectivity index (χ0n) is 16.0. The number of para-hydroxylation sites is 1. The number of carbonyl (C=O) groups is 2. The summed E-state index contributed by atoms with van der Waals surface area (Å²) in [4.78, 5) is 29.6. The van der Waals surface area contributed by atoms with Gasteiger partial charge in [0.1, 0.15) is 5.82 Å². The van der Waals surface area contributed by atoms with E-state index in [0.717, 1.165) is 30.5 Å². The number of carbonyl (C=O) groups excluding carboxylic acids is 2. The normalized spacial score (nSPS) is 25.5. The highest BCUT2D eigenvalue weighted by molar-refractivity contribution is 5.99. The maximum absolute atomic E-state index is 14.2. The van der Waals surface area contributed by atoms with E-state index in [2.05, 4.69) is 0 Å². The van der Waals surface area contributed by atoms with E-state index in [9.17, 15) is 19.1 Å². The fraction of sp³-hybridized carbons (Fsp3) is 0.391. The molecule has 1 saturated carbocycles. The van der Waals surface area contributed by atoms with Crippen molar-refractivity contribution in [3.05, 3.63) is 65.5 Å². The van der Waals surface area contributed by atoms with Crippen LogP contribution in [-0.2, 0) is 4.79 Å². The molecule has 2 heterocycles. The van der Waals surface area contributed by atoms with E-state index in [1.54, 1.807) is 21.9 Å². The van der Waals surface area contributed by atoms with Gasteiger partial charge in [-0.15, -0.1) is 0 Å². The van der Waals surface area contributed by atoms with Gasteiger partial charge in [0.15, 0.2) is 0 Å². The number of hydrogen-bond donors (Lipinski definition) is 1. The maximum Gasteiger partial charge on any atom is 0.257 e. The Bertz CT molecular complexity index is 974. The summed E-state index contributed by atoms with van der Waals surface area (Å²) >= 11 is 0. The molecule has 1 saturated heterocycles. The van der Waals surface area contributed by atoms with Crippen LogP contribution in [-0.4, -0.2) is 47.1 Å². The third-order valence-electron chi connectivity index (χ3n) is 6.75. The lowest BCUT2D eigenvalue weighted by Crippen LogP contribution is -2.71. The number of likely N-dealkylation sites (tertiary alicyclic amines) is 1. The van der Waals surface area contributed by atoms with Gasteiger partial charge in [-0.05, 0) is 36.6 Å². The molecule has 3 aliphatic rings. The third kappa shape index (κ3) is 2.69. The van der Waals surface area contributed by atoms with Crippen LogP contribution in [0.25, 0.3) is 0 Å². The van der Waals surface area contributed by atoms with E-state index >= 15 is 0 Å². The second-order valence-corrected chi connectivity index (χ2v) is 8.17. The molecular formula is C23H23FN2O3. The first kappa shape index (κ1) is 18.3. The van der Waals surface area contributed by atoms with Gasteiger partial charge in [0, 0.05) is 24.1 Å². The fourth-order valence-electron chi connectivity index (χ4n) is 5.02. The molecule has 0 spiro atoms. The largest absolute Gasteiger partial charge is 0.394 e. The predicted octanol–water partition coefficient (Wildman–Crippen LogP) is 2.94. The number of rotatable bonds is 3. The van der Waals surface area contributed by atoms with Crippen LogP contribution in [0.4, 0.5) is 10.1 Å². The van der Waals surface area contributed by atoms with E-state index in [-0.39, 0.29) is 36.0 Å². The Kier molecular flexibility index (Phi) is 4.39. The van der Waals surface area contributed by atoms with E-state index in [0.29, 0.717) is 6.54 Å². The first-order valence-electron chi connectivity index (χ1n) is 10.2. The second-order valence-electron chi connectivity index (χ2n) is 8.17. The highest BCUT2D eigenvalue weighted by atomic mass is 19.1. The molecule has 6 heteroatoms. The van der Waals surface area contributed by atoms with Gasteiger partial charge in [0.25, 0.3) is 5.91 Å². The van der Waals surface area contributed by atoms with Gasteiger partial charge in [-0.3, -0.25) is 9.59 Å². The molecule has 0 aromatic heterocycles. The van der Waals surface area contributed by atoms with Crippen LogP contribution in [0.3, 0.4) is 0 Å². The molecule has 2 amide bonds. The lowest BCUT2D eigenvalue weighted by molar-refractivity contribution is -0.125. The molecular weight excluding hydrogens is 371 g/mol. The van der Waals surface area contributed by atoms with Crippen molar-refractivity contribution in [1.29, 1.82) is 0 Å². The Hall–Kier alpha value is -2.73. The van der Waals surface area contributed by atoms with Crippen LogP contribution in [0.1, 0.15) is 41.1 Å². The summed E-state index contributed by atoms with van der Waals surface area (Å²) in [6, 6.07) is 13.0. The number of anilines is 1. The monoisotopic (exact) mass is 394 g/mol. The lowest BCUT2D eigenvalue weighted by Gasteiger charge is -2.59. The zero-order valence-corrected chi connectivity index (χ0v) is 16.0. The first-order valence-corrected chi connectivity index (χ1v) is 10.2. The Labute approximate surface area is 168 Å². The molecule has 3 atom stereocenters. The van der Waals surface area contributed by atoms with Gasteiger partial charge in [0.05, 0.1) is 24.3 Å².